The molecule has 0 radical (unpaired) electrons. The zero-order chi connectivity index (χ0) is 13.7. The summed E-state index contributed by atoms with van der Waals surface area (Å²) in [6, 6.07) is 8.86. The predicted octanol–water partition coefficient (Wildman–Crippen LogP) is 2.55. The molecule has 1 heterocycles. The van der Waals surface area contributed by atoms with E-state index in [9.17, 15) is 4.79 Å². The fraction of sp³-hybridized carbons (Fsp3) is 0.562. The second-order valence-electron chi connectivity index (χ2n) is 5.39. The number of amides is 1. The van der Waals surface area contributed by atoms with Crippen LogP contribution in [0.15, 0.2) is 24.3 Å². The van der Waals surface area contributed by atoms with Gasteiger partial charge in [-0.15, -0.1) is 12.4 Å². The second kappa shape index (κ2) is 8.28. The summed E-state index contributed by atoms with van der Waals surface area (Å²) in [7, 11) is 0. The Hall–Kier alpha value is -1.06. The van der Waals surface area contributed by atoms with Crippen molar-refractivity contribution in [3.63, 3.8) is 0 Å². The number of halogens is 1. The molecule has 1 aliphatic rings. The van der Waals surface area contributed by atoms with Gasteiger partial charge in [0.1, 0.15) is 0 Å². The topological polar surface area (TPSA) is 46.3 Å². The molecule has 1 fully saturated rings. The molecule has 1 aliphatic heterocycles. The van der Waals surface area contributed by atoms with E-state index in [0.29, 0.717) is 6.42 Å². The molecule has 0 unspecified atom stereocenters. The average Bonchev–Trinajstić information content (AvgIpc) is 2.46. The number of nitrogens with zero attached hydrogens (tertiary/aromatic N) is 1. The summed E-state index contributed by atoms with van der Waals surface area (Å²) in [6.07, 6.45) is 4.40. The van der Waals surface area contributed by atoms with Gasteiger partial charge in [0.2, 0.25) is 5.91 Å². The van der Waals surface area contributed by atoms with Gasteiger partial charge in [-0.1, -0.05) is 31.2 Å². The molecule has 0 aromatic heterocycles. The van der Waals surface area contributed by atoms with Crippen molar-refractivity contribution in [1.82, 2.24) is 4.90 Å². The molecule has 4 heteroatoms. The first-order chi connectivity index (χ1) is 9.19. The van der Waals surface area contributed by atoms with Crippen LogP contribution >= 0.6 is 12.4 Å². The van der Waals surface area contributed by atoms with Gasteiger partial charge in [-0.2, -0.15) is 0 Å². The van der Waals surface area contributed by atoms with Crippen molar-refractivity contribution in [3.8, 4) is 0 Å². The first-order valence-electron chi connectivity index (χ1n) is 7.30. The summed E-state index contributed by atoms with van der Waals surface area (Å²) < 4.78 is 0. The molecule has 0 spiro atoms. The van der Waals surface area contributed by atoms with Crippen LogP contribution in [0.3, 0.4) is 0 Å². The van der Waals surface area contributed by atoms with Gasteiger partial charge in [0, 0.05) is 25.6 Å². The van der Waals surface area contributed by atoms with Gasteiger partial charge in [0.25, 0.3) is 0 Å². The van der Waals surface area contributed by atoms with Crippen LogP contribution in [-0.2, 0) is 17.6 Å². The molecule has 0 bridgehead atoms. The maximum absolute atomic E-state index is 12.1. The zero-order valence-electron chi connectivity index (χ0n) is 12.2. The lowest BCUT2D eigenvalue weighted by atomic mass is 10.0. The van der Waals surface area contributed by atoms with E-state index in [2.05, 4.69) is 31.2 Å². The van der Waals surface area contributed by atoms with Crippen LogP contribution < -0.4 is 5.73 Å². The number of benzene rings is 1. The number of aryl methyl sites for hydroxylation is 2. The van der Waals surface area contributed by atoms with Crippen LogP contribution in [0.4, 0.5) is 0 Å². The van der Waals surface area contributed by atoms with Crippen LogP contribution in [0.1, 0.15) is 37.3 Å². The van der Waals surface area contributed by atoms with Crippen molar-refractivity contribution in [2.45, 2.75) is 45.1 Å². The van der Waals surface area contributed by atoms with E-state index < -0.39 is 0 Å². The van der Waals surface area contributed by atoms with E-state index in [1.165, 1.54) is 11.1 Å². The van der Waals surface area contributed by atoms with Crippen molar-refractivity contribution in [3.05, 3.63) is 35.4 Å². The summed E-state index contributed by atoms with van der Waals surface area (Å²) in [6.45, 7) is 3.81. The van der Waals surface area contributed by atoms with Gasteiger partial charge >= 0.3 is 0 Å². The number of nitrogens with two attached hydrogens (primary N) is 1. The molecule has 2 N–H and O–H groups in total. The zero-order valence-corrected chi connectivity index (χ0v) is 13.0. The van der Waals surface area contributed by atoms with Gasteiger partial charge in [-0.25, -0.2) is 0 Å². The van der Waals surface area contributed by atoms with E-state index >= 15 is 0 Å². The summed E-state index contributed by atoms with van der Waals surface area (Å²) >= 11 is 0. The SMILES string of the molecule is CCc1ccc(CCC(=O)N2CCC(N)CC2)cc1.Cl. The Morgan fingerprint density at radius 1 is 1.20 bits per heavy atom. The maximum Gasteiger partial charge on any atom is 0.222 e. The summed E-state index contributed by atoms with van der Waals surface area (Å²) in [5.74, 6) is 0.270. The van der Waals surface area contributed by atoms with E-state index in [-0.39, 0.29) is 24.4 Å². The predicted molar refractivity (Wildman–Crippen MR) is 85.2 cm³/mol. The van der Waals surface area contributed by atoms with Crippen molar-refractivity contribution >= 4 is 18.3 Å². The molecular weight excluding hydrogens is 272 g/mol. The first kappa shape index (κ1) is 17.0. The minimum atomic E-state index is 0. The van der Waals surface area contributed by atoms with Crippen molar-refractivity contribution in [2.24, 2.45) is 5.73 Å². The van der Waals surface area contributed by atoms with Crippen molar-refractivity contribution in [1.29, 1.82) is 0 Å². The maximum atomic E-state index is 12.1. The Balaban J connectivity index is 0.00000200. The van der Waals surface area contributed by atoms with Gasteiger partial charge in [0.05, 0.1) is 0 Å². The Labute approximate surface area is 127 Å². The van der Waals surface area contributed by atoms with E-state index in [1.54, 1.807) is 0 Å². The van der Waals surface area contributed by atoms with Gasteiger partial charge in [-0.3, -0.25) is 4.79 Å². The highest BCUT2D eigenvalue weighted by atomic mass is 35.5. The lowest BCUT2D eigenvalue weighted by Crippen LogP contribution is -2.42. The van der Waals surface area contributed by atoms with Crippen molar-refractivity contribution in [2.75, 3.05) is 13.1 Å². The monoisotopic (exact) mass is 296 g/mol. The minimum absolute atomic E-state index is 0. The molecule has 20 heavy (non-hydrogen) atoms. The quantitative estimate of drug-likeness (QED) is 0.928. The third kappa shape index (κ3) is 4.80. The smallest absolute Gasteiger partial charge is 0.222 e. The van der Waals surface area contributed by atoms with Crippen molar-refractivity contribution < 1.29 is 4.79 Å². The van der Waals surface area contributed by atoms with E-state index in [0.717, 1.165) is 38.8 Å². The highest BCUT2D eigenvalue weighted by Gasteiger charge is 2.19. The lowest BCUT2D eigenvalue weighted by Gasteiger charge is -2.30. The summed E-state index contributed by atoms with van der Waals surface area (Å²) in [4.78, 5) is 14.0. The Bertz CT molecular complexity index is 411. The molecular formula is C16H25ClN2O. The molecule has 3 nitrogen and oxygen atoms in total. The van der Waals surface area contributed by atoms with E-state index in [4.69, 9.17) is 5.73 Å². The molecule has 0 aliphatic carbocycles. The molecule has 1 amide bonds. The van der Waals surface area contributed by atoms with Gasteiger partial charge in [0.15, 0.2) is 0 Å². The third-order valence-electron chi connectivity index (χ3n) is 3.95. The van der Waals surface area contributed by atoms with Crippen LogP contribution in [0.2, 0.25) is 0 Å². The first-order valence-corrected chi connectivity index (χ1v) is 7.30. The van der Waals surface area contributed by atoms with E-state index in [1.807, 2.05) is 4.90 Å². The number of hydrogen-bond donors (Lipinski definition) is 1. The Morgan fingerprint density at radius 3 is 2.30 bits per heavy atom. The molecule has 0 saturated carbocycles. The largest absolute Gasteiger partial charge is 0.343 e. The number of carbonyl (C=O) groups is 1. The summed E-state index contributed by atoms with van der Waals surface area (Å²) in [5.41, 5.74) is 8.45. The lowest BCUT2D eigenvalue weighted by molar-refractivity contribution is -0.132. The number of likely N-dealkylation sites (tertiary alicyclic amines) is 1. The Morgan fingerprint density at radius 2 is 1.75 bits per heavy atom. The minimum Gasteiger partial charge on any atom is -0.343 e. The molecule has 1 aromatic carbocycles. The second-order valence-corrected chi connectivity index (χ2v) is 5.39. The fourth-order valence-corrected chi connectivity index (χ4v) is 2.50. The fourth-order valence-electron chi connectivity index (χ4n) is 2.50. The number of piperidine rings is 1. The standard InChI is InChI=1S/C16H24N2O.ClH/c1-2-13-3-5-14(6-4-13)7-8-16(19)18-11-9-15(17)10-12-18;/h3-6,15H,2,7-12,17H2,1H3;1H. The normalized spacial score (nSPS) is 15.8. The molecule has 1 aromatic rings. The Kier molecular flexibility index (Phi) is 7.03. The highest BCUT2D eigenvalue weighted by molar-refractivity contribution is 5.85. The average molecular weight is 297 g/mol. The number of rotatable bonds is 4. The third-order valence-corrected chi connectivity index (χ3v) is 3.95. The number of carbonyl (C=O) groups excluding carboxylic acids is 1. The van der Waals surface area contributed by atoms with Crippen LogP contribution in [-0.4, -0.2) is 29.9 Å². The molecule has 112 valence electrons. The van der Waals surface area contributed by atoms with Crippen LogP contribution in [0, 0.1) is 0 Å². The van der Waals surface area contributed by atoms with Crippen LogP contribution in [0.5, 0.6) is 0 Å². The molecule has 0 atom stereocenters. The van der Waals surface area contributed by atoms with Gasteiger partial charge < -0.3 is 10.6 Å². The summed E-state index contributed by atoms with van der Waals surface area (Å²) in [5, 5.41) is 0. The number of hydrogen-bond acceptors (Lipinski definition) is 2. The van der Waals surface area contributed by atoms with Gasteiger partial charge in [-0.05, 0) is 36.8 Å². The highest BCUT2D eigenvalue weighted by Crippen LogP contribution is 2.12. The molecule has 2 rings (SSSR count). The molecule has 1 saturated heterocycles. The van der Waals surface area contributed by atoms with Crippen LogP contribution in [0.25, 0.3) is 0 Å².